The van der Waals surface area contributed by atoms with Gasteiger partial charge in [-0.15, -0.1) is 0 Å². The summed E-state index contributed by atoms with van der Waals surface area (Å²) in [6.45, 7) is 5.45. The average Bonchev–Trinajstić information content (AvgIpc) is 3.22. The number of para-hydroxylation sites is 1. The molecule has 0 bridgehead atoms. The van der Waals surface area contributed by atoms with Crippen molar-refractivity contribution in [3.63, 3.8) is 0 Å². The Labute approximate surface area is 149 Å². The summed E-state index contributed by atoms with van der Waals surface area (Å²) in [6.07, 6.45) is 4.09. The number of aromatic nitrogens is 2. The first-order valence-electron chi connectivity index (χ1n) is 9.37. The van der Waals surface area contributed by atoms with Crippen LogP contribution in [0.3, 0.4) is 0 Å². The summed E-state index contributed by atoms with van der Waals surface area (Å²) in [5.41, 5.74) is 3.96. The van der Waals surface area contributed by atoms with Crippen molar-refractivity contribution in [2.24, 2.45) is 5.92 Å². The van der Waals surface area contributed by atoms with Gasteiger partial charge in [0.1, 0.15) is 12.1 Å². The lowest BCUT2D eigenvalue weighted by Gasteiger charge is -2.30. The Morgan fingerprint density at radius 1 is 1.04 bits per heavy atom. The first-order chi connectivity index (χ1) is 12.3. The fourth-order valence-electron chi connectivity index (χ4n) is 4.81. The molecule has 0 spiro atoms. The second kappa shape index (κ2) is 5.99. The lowest BCUT2D eigenvalue weighted by molar-refractivity contribution is 0.309. The minimum absolute atomic E-state index is 0.606. The maximum absolute atomic E-state index is 4.70. The van der Waals surface area contributed by atoms with E-state index in [4.69, 9.17) is 4.98 Å². The van der Waals surface area contributed by atoms with Gasteiger partial charge < -0.3 is 14.7 Å². The van der Waals surface area contributed by atoms with Crippen molar-refractivity contribution in [1.29, 1.82) is 0 Å². The first-order valence-corrected chi connectivity index (χ1v) is 9.37. The van der Waals surface area contributed by atoms with E-state index in [1.54, 1.807) is 6.33 Å². The monoisotopic (exact) mass is 335 g/mol. The zero-order valence-corrected chi connectivity index (χ0v) is 14.8. The molecule has 0 amide bonds. The molecule has 2 saturated heterocycles. The molecule has 0 unspecified atom stereocenters. The predicted octanol–water partition coefficient (Wildman–Crippen LogP) is 2.18. The van der Waals surface area contributed by atoms with Crippen LogP contribution in [0, 0.1) is 5.92 Å². The molecule has 3 aliphatic heterocycles. The maximum atomic E-state index is 4.70. The molecule has 1 aromatic heterocycles. The van der Waals surface area contributed by atoms with E-state index in [1.165, 1.54) is 35.7 Å². The highest BCUT2D eigenvalue weighted by Crippen LogP contribution is 2.38. The van der Waals surface area contributed by atoms with Crippen LogP contribution >= 0.6 is 0 Å². The number of likely N-dealkylation sites (N-methyl/N-ethyl adjacent to an activating group) is 1. The van der Waals surface area contributed by atoms with E-state index in [0.29, 0.717) is 6.04 Å². The summed E-state index contributed by atoms with van der Waals surface area (Å²) < 4.78 is 0. The van der Waals surface area contributed by atoms with Crippen LogP contribution in [0.2, 0.25) is 0 Å². The topological polar surface area (TPSA) is 35.5 Å². The van der Waals surface area contributed by atoms with Crippen LogP contribution in [-0.2, 0) is 13.0 Å². The molecule has 2 aromatic rings. The zero-order chi connectivity index (χ0) is 16.8. The summed E-state index contributed by atoms with van der Waals surface area (Å²) in [5.74, 6) is 1.92. The van der Waals surface area contributed by atoms with Crippen LogP contribution in [0.25, 0.3) is 0 Å². The van der Waals surface area contributed by atoms with Crippen LogP contribution in [0.15, 0.2) is 36.7 Å². The molecule has 2 fully saturated rings. The van der Waals surface area contributed by atoms with E-state index in [1.807, 2.05) is 0 Å². The van der Waals surface area contributed by atoms with Crippen LogP contribution < -0.4 is 9.80 Å². The fourth-order valence-corrected chi connectivity index (χ4v) is 4.81. The molecule has 0 aliphatic carbocycles. The van der Waals surface area contributed by atoms with Crippen molar-refractivity contribution in [3.05, 3.63) is 47.9 Å². The van der Waals surface area contributed by atoms with Gasteiger partial charge >= 0.3 is 0 Å². The van der Waals surface area contributed by atoms with Crippen molar-refractivity contribution >= 4 is 11.5 Å². The predicted molar refractivity (Wildman–Crippen MR) is 100.0 cm³/mol. The van der Waals surface area contributed by atoms with Crippen LogP contribution in [-0.4, -0.2) is 54.1 Å². The highest BCUT2D eigenvalue weighted by molar-refractivity contribution is 5.54. The van der Waals surface area contributed by atoms with Crippen molar-refractivity contribution < 1.29 is 0 Å². The third-order valence-electron chi connectivity index (χ3n) is 6.11. The standard InChI is InChI=1S/C20H25N5/c1-23-9-8-18-17(12-23)20(22-14-21-18)24-11-15-7-10-25(19(15)13-24)16-5-3-2-4-6-16/h2-6,14-15,19H,7-13H2,1H3/t15-,19-/m1/s1. The minimum Gasteiger partial charge on any atom is -0.366 e. The quantitative estimate of drug-likeness (QED) is 0.841. The van der Waals surface area contributed by atoms with E-state index < -0.39 is 0 Å². The molecule has 4 heterocycles. The number of hydrogen-bond acceptors (Lipinski definition) is 5. The Bertz CT molecular complexity index is 762. The zero-order valence-electron chi connectivity index (χ0n) is 14.8. The third kappa shape index (κ3) is 2.58. The van der Waals surface area contributed by atoms with Gasteiger partial charge in [0.2, 0.25) is 0 Å². The smallest absolute Gasteiger partial charge is 0.136 e. The number of fused-ring (bicyclic) bond motifs is 2. The molecule has 130 valence electrons. The largest absolute Gasteiger partial charge is 0.366 e. The number of hydrogen-bond donors (Lipinski definition) is 0. The number of anilines is 2. The van der Waals surface area contributed by atoms with Crippen LogP contribution in [0.4, 0.5) is 11.5 Å². The van der Waals surface area contributed by atoms with Crippen LogP contribution in [0.5, 0.6) is 0 Å². The highest BCUT2D eigenvalue weighted by Gasteiger charge is 2.42. The lowest BCUT2D eigenvalue weighted by Crippen LogP contribution is -2.36. The van der Waals surface area contributed by atoms with Crippen LogP contribution in [0.1, 0.15) is 17.7 Å². The molecule has 0 N–H and O–H groups in total. The Kier molecular flexibility index (Phi) is 3.63. The molecule has 25 heavy (non-hydrogen) atoms. The molecule has 5 rings (SSSR count). The van der Waals surface area contributed by atoms with Gasteiger partial charge in [-0.3, -0.25) is 0 Å². The second-order valence-corrected chi connectivity index (χ2v) is 7.66. The summed E-state index contributed by atoms with van der Waals surface area (Å²) in [7, 11) is 2.19. The summed E-state index contributed by atoms with van der Waals surface area (Å²) in [4.78, 5) is 16.7. The van der Waals surface area contributed by atoms with Gasteiger partial charge in [0.05, 0.1) is 11.7 Å². The Morgan fingerprint density at radius 3 is 2.80 bits per heavy atom. The Hall–Kier alpha value is -2.14. The SMILES string of the molecule is CN1CCc2ncnc(N3C[C@H]4CCN(c5ccccc5)[C@@H]4C3)c2C1. The second-order valence-electron chi connectivity index (χ2n) is 7.66. The van der Waals surface area contributed by atoms with Gasteiger partial charge in [0.15, 0.2) is 0 Å². The molecular formula is C20H25N5. The minimum atomic E-state index is 0.606. The molecule has 1 aromatic carbocycles. The number of benzene rings is 1. The fraction of sp³-hybridized carbons (Fsp3) is 0.500. The molecule has 0 radical (unpaired) electrons. The molecular weight excluding hydrogens is 310 g/mol. The van der Waals surface area contributed by atoms with E-state index in [0.717, 1.165) is 38.5 Å². The highest BCUT2D eigenvalue weighted by atomic mass is 15.3. The van der Waals surface area contributed by atoms with Gasteiger partial charge in [0, 0.05) is 56.3 Å². The Morgan fingerprint density at radius 2 is 1.92 bits per heavy atom. The number of nitrogens with zero attached hydrogens (tertiary/aromatic N) is 5. The van der Waals surface area contributed by atoms with Gasteiger partial charge in [-0.05, 0) is 25.6 Å². The van der Waals surface area contributed by atoms with Crippen molar-refractivity contribution in [3.8, 4) is 0 Å². The first kappa shape index (κ1) is 15.1. The average molecular weight is 335 g/mol. The summed E-state index contributed by atoms with van der Waals surface area (Å²) in [6, 6.07) is 11.5. The van der Waals surface area contributed by atoms with E-state index in [-0.39, 0.29) is 0 Å². The van der Waals surface area contributed by atoms with Gasteiger partial charge in [-0.25, -0.2) is 9.97 Å². The molecule has 5 nitrogen and oxygen atoms in total. The summed E-state index contributed by atoms with van der Waals surface area (Å²) >= 11 is 0. The van der Waals surface area contributed by atoms with Crippen molar-refractivity contribution in [1.82, 2.24) is 14.9 Å². The maximum Gasteiger partial charge on any atom is 0.136 e. The lowest BCUT2D eigenvalue weighted by atomic mass is 10.0. The normalized spacial score (nSPS) is 26.0. The Balaban J connectivity index is 1.42. The molecule has 2 atom stereocenters. The molecule has 0 saturated carbocycles. The third-order valence-corrected chi connectivity index (χ3v) is 6.11. The van der Waals surface area contributed by atoms with Gasteiger partial charge in [-0.1, -0.05) is 18.2 Å². The van der Waals surface area contributed by atoms with Gasteiger partial charge in [0.25, 0.3) is 0 Å². The van der Waals surface area contributed by atoms with Crippen molar-refractivity contribution in [2.75, 3.05) is 43.0 Å². The summed E-state index contributed by atoms with van der Waals surface area (Å²) in [5, 5.41) is 0. The van der Waals surface area contributed by atoms with E-state index in [9.17, 15) is 0 Å². The van der Waals surface area contributed by atoms with E-state index in [2.05, 4.69) is 57.1 Å². The molecule has 5 heteroatoms. The van der Waals surface area contributed by atoms with Crippen molar-refractivity contribution in [2.45, 2.75) is 25.4 Å². The number of rotatable bonds is 2. The van der Waals surface area contributed by atoms with Gasteiger partial charge in [-0.2, -0.15) is 0 Å². The van der Waals surface area contributed by atoms with E-state index >= 15 is 0 Å². The molecule has 3 aliphatic rings.